The first-order valence-electron chi connectivity index (χ1n) is 5.73. The van der Waals surface area contributed by atoms with E-state index in [1.807, 2.05) is 0 Å². The molecule has 1 aromatic carbocycles. The Balaban J connectivity index is 2.15. The summed E-state index contributed by atoms with van der Waals surface area (Å²) in [5.41, 5.74) is 0.375. The van der Waals surface area contributed by atoms with E-state index in [1.165, 1.54) is 12.1 Å². The number of anilines is 1. The number of ether oxygens (including phenoxy) is 1. The van der Waals surface area contributed by atoms with E-state index >= 15 is 0 Å². The summed E-state index contributed by atoms with van der Waals surface area (Å²) >= 11 is 17.9. The van der Waals surface area contributed by atoms with Gasteiger partial charge in [-0.3, -0.25) is 4.79 Å². The maximum absolute atomic E-state index is 12.2. The summed E-state index contributed by atoms with van der Waals surface area (Å²) in [4.78, 5) is 12.2. The molecule has 19 heavy (non-hydrogen) atoms. The first-order chi connectivity index (χ1) is 9.02. The average molecular weight is 324 g/mol. The molecule has 2 rings (SSSR count). The van der Waals surface area contributed by atoms with Gasteiger partial charge in [0.25, 0.3) is 0 Å². The van der Waals surface area contributed by atoms with Crippen molar-refractivity contribution in [2.24, 2.45) is 5.92 Å². The number of hydrogen-bond donors (Lipinski definition) is 2. The molecule has 0 spiro atoms. The number of hydrogen-bond acceptors (Lipinski definition) is 3. The lowest BCUT2D eigenvalue weighted by atomic mass is 10.0. The molecule has 0 bridgehead atoms. The van der Waals surface area contributed by atoms with Crippen LogP contribution in [-0.2, 0) is 9.53 Å². The topological polar surface area (TPSA) is 50.4 Å². The quantitative estimate of drug-likeness (QED) is 0.899. The molecule has 2 unspecified atom stereocenters. The van der Waals surface area contributed by atoms with Crippen LogP contribution in [-0.4, -0.2) is 32.2 Å². The van der Waals surface area contributed by atoms with Crippen LogP contribution in [0.1, 0.15) is 0 Å². The summed E-state index contributed by atoms with van der Waals surface area (Å²) in [5.74, 6) is -0.448. The molecule has 1 amide bonds. The Labute approximate surface area is 126 Å². The van der Waals surface area contributed by atoms with Crippen molar-refractivity contribution in [1.82, 2.24) is 5.32 Å². The molecule has 2 atom stereocenters. The van der Waals surface area contributed by atoms with Gasteiger partial charge in [0.1, 0.15) is 0 Å². The minimum absolute atomic E-state index is 0.00940. The molecule has 104 valence electrons. The number of likely N-dealkylation sites (N-methyl/N-ethyl adjacent to an activating group) is 1. The number of carbonyl (C=O) groups is 1. The first-order valence-corrected chi connectivity index (χ1v) is 6.86. The highest BCUT2D eigenvalue weighted by atomic mass is 35.5. The zero-order valence-corrected chi connectivity index (χ0v) is 12.4. The van der Waals surface area contributed by atoms with Crippen LogP contribution in [0.3, 0.4) is 0 Å². The van der Waals surface area contributed by atoms with Crippen LogP contribution in [0.25, 0.3) is 0 Å². The molecule has 1 saturated heterocycles. The predicted molar refractivity (Wildman–Crippen MR) is 77.3 cm³/mol. The lowest BCUT2D eigenvalue weighted by molar-refractivity contribution is -0.120. The molecule has 1 heterocycles. The van der Waals surface area contributed by atoms with E-state index in [9.17, 15) is 4.79 Å². The number of rotatable bonds is 3. The molecule has 1 fully saturated rings. The Bertz CT molecular complexity index is 473. The minimum Gasteiger partial charge on any atom is -0.379 e. The van der Waals surface area contributed by atoms with Gasteiger partial charge < -0.3 is 15.4 Å². The predicted octanol–water partition coefficient (Wildman–Crippen LogP) is 2.82. The third-order valence-electron chi connectivity index (χ3n) is 3.04. The average Bonchev–Trinajstić information content (AvgIpc) is 2.81. The monoisotopic (exact) mass is 322 g/mol. The number of carbonyl (C=O) groups excluding carboxylic acids is 1. The Kier molecular flexibility index (Phi) is 4.92. The summed E-state index contributed by atoms with van der Waals surface area (Å²) in [6.45, 7) is 0.886. The second-order valence-electron chi connectivity index (χ2n) is 4.27. The molecule has 1 aliphatic heterocycles. The summed E-state index contributed by atoms with van der Waals surface area (Å²) < 4.78 is 5.29. The van der Waals surface area contributed by atoms with Crippen LogP contribution >= 0.6 is 34.8 Å². The summed E-state index contributed by atoms with van der Waals surface area (Å²) in [6, 6.07) is 3.06. The van der Waals surface area contributed by atoms with Crippen molar-refractivity contribution in [2.45, 2.75) is 6.04 Å². The fourth-order valence-corrected chi connectivity index (χ4v) is 2.89. The number of benzene rings is 1. The zero-order chi connectivity index (χ0) is 14.0. The van der Waals surface area contributed by atoms with Gasteiger partial charge in [0.2, 0.25) is 5.91 Å². The molecule has 1 aromatic rings. The fourth-order valence-electron chi connectivity index (χ4n) is 1.97. The lowest BCUT2D eigenvalue weighted by Crippen LogP contribution is -2.39. The van der Waals surface area contributed by atoms with Crippen LogP contribution in [0, 0.1) is 5.92 Å². The molecule has 0 aromatic heterocycles. The molecule has 2 N–H and O–H groups in total. The van der Waals surface area contributed by atoms with E-state index < -0.39 is 0 Å². The van der Waals surface area contributed by atoms with Gasteiger partial charge in [-0.1, -0.05) is 34.8 Å². The standard InChI is InChI=1S/C12H13Cl3N2O2/c1-16-10-5-19-4-7(10)12(18)17-11-8(14)2-6(13)3-9(11)15/h2-3,7,10,16H,4-5H2,1H3,(H,17,18). The van der Waals surface area contributed by atoms with Crippen LogP contribution < -0.4 is 10.6 Å². The molecule has 1 aliphatic rings. The van der Waals surface area contributed by atoms with Crippen LogP contribution in [0.15, 0.2) is 12.1 Å². The van der Waals surface area contributed by atoms with Gasteiger partial charge >= 0.3 is 0 Å². The van der Waals surface area contributed by atoms with Gasteiger partial charge in [0.15, 0.2) is 0 Å². The number of nitrogens with one attached hydrogen (secondary N) is 2. The normalized spacial score (nSPS) is 22.5. The molecular formula is C12H13Cl3N2O2. The Hall–Kier alpha value is -0.520. The lowest BCUT2D eigenvalue weighted by Gasteiger charge is -2.17. The highest BCUT2D eigenvalue weighted by molar-refractivity contribution is 6.42. The number of halogens is 3. The van der Waals surface area contributed by atoms with Gasteiger partial charge in [-0.05, 0) is 19.2 Å². The van der Waals surface area contributed by atoms with Crippen LogP contribution in [0.5, 0.6) is 0 Å². The van der Waals surface area contributed by atoms with Crippen molar-refractivity contribution in [3.63, 3.8) is 0 Å². The van der Waals surface area contributed by atoms with Crippen molar-refractivity contribution in [1.29, 1.82) is 0 Å². The highest BCUT2D eigenvalue weighted by Crippen LogP contribution is 2.34. The Morgan fingerprint density at radius 3 is 2.47 bits per heavy atom. The van der Waals surface area contributed by atoms with Crippen molar-refractivity contribution in [2.75, 3.05) is 25.6 Å². The van der Waals surface area contributed by atoms with E-state index in [0.717, 1.165) is 0 Å². The zero-order valence-electron chi connectivity index (χ0n) is 10.2. The fraction of sp³-hybridized carbons (Fsp3) is 0.417. The maximum atomic E-state index is 12.2. The van der Waals surface area contributed by atoms with Gasteiger partial charge in [0.05, 0.1) is 34.9 Å². The minimum atomic E-state index is -0.271. The van der Waals surface area contributed by atoms with Crippen LogP contribution in [0.4, 0.5) is 5.69 Å². The van der Waals surface area contributed by atoms with E-state index in [1.54, 1.807) is 7.05 Å². The van der Waals surface area contributed by atoms with E-state index in [2.05, 4.69) is 10.6 Å². The molecular weight excluding hydrogens is 311 g/mol. The number of amides is 1. The van der Waals surface area contributed by atoms with E-state index in [4.69, 9.17) is 39.5 Å². The summed E-state index contributed by atoms with van der Waals surface area (Å²) in [6.07, 6.45) is 0. The molecule has 0 radical (unpaired) electrons. The third-order valence-corrected chi connectivity index (χ3v) is 3.86. The van der Waals surface area contributed by atoms with Crippen LogP contribution in [0.2, 0.25) is 15.1 Å². The molecule has 0 saturated carbocycles. The van der Waals surface area contributed by atoms with Crippen molar-refractivity contribution >= 4 is 46.4 Å². The molecule has 0 aliphatic carbocycles. The van der Waals surface area contributed by atoms with Gasteiger partial charge in [0, 0.05) is 11.1 Å². The second kappa shape index (κ2) is 6.29. The first kappa shape index (κ1) is 14.9. The SMILES string of the molecule is CNC1COCC1C(=O)Nc1c(Cl)cc(Cl)cc1Cl. The van der Waals surface area contributed by atoms with Gasteiger partial charge in [-0.15, -0.1) is 0 Å². The van der Waals surface area contributed by atoms with Crippen molar-refractivity contribution in [3.05, 3.63) is 27.2 Å². The van der Waals surface area contributed by atoms with Crippen molar-refractivity contribution < 1.29 is 9.53 Å². The van der Waals surface area contributed by atoms with E-state index in [0.29, 0.717) is 34.0 Å². The summed E-state index contributed by atoms with van der Waals surface area (Å²) in [7, 11) is 1.79. The molecule has 4 nitrogen and oxygen atoms in total. The van der Waals surface area contributed by atoms with Gasteiger partial charge in [-0.2, -0.15) is 0 Å². The largest absolute Gasteiger partial charge is 0.379 e. The second-order valence-corrected chi connectivity index (χ2v) is 5.52. The molecule has 7 heteroatoms. The Morgan fingerprint density at radius 2 is 1.89 bits per heavy atom. The highest BCUT2D eigenvalue weighted by Gasteiger charge is 2.33. The smallest absolute Gasteiger partial charge is 0.231 e. The Morgan fingerprint density at radius 1 is 1.26 bits per heavy atom. The van der Waals surface area contributed by atoms with Gasteiger partial charge in [-0.25, -0.2) is 0 Å². The van der Waals surface area contributed by atoms with Crippen molar-refractivity contribution in [3.8, 4) is 0 Å². The van der Waals surface area contributed by atoms with E-state index in [-0.39, 0.29) is 17.9 Å². The maximum Gasteiger partial charge on any atom is 0.231 e. The third kappa shape index (κ3) is 3.33. The summed E-state index contributed by atoms with van der Waals surface area (Å²) in [5, 5.41) is 6.82.